The molecule has 0 aromatic carbocycles. The second kappa shape index (κ2) is 78.7. The van der Waals surface area contributed by atoms with E-state index in [0.717, 1.165) is 0 Å². The maximum absolute atomic E-state index is 8.57. The fourth-order valence-electron chi connectivity index (χ4n) is 0. The van der Waals surface area contributed by atoms with Gasteiger partial charge in [0.1, 0.15) is 0 Å². The molecular formula is H8Al4BaEuMgO8. The number of hydrogen-bond acceptors (Lipinski definition) is 4. The quantitative estimate of drug-likeness (QED) is 0.218. The van der Waals surface area contributed by atoms with Crippen molar-refractivity contribution in [3.8, 4) is 0 Å². The van der Waals surface area contributed by atoms with Crippen molar-refractivity contribution in [1.29, 1.82) is 0 Å². The maximum atomic E-state index is 8.57. The van der Waals surface area contributed by atoms with Crippen LogP contribution in [0, 0.1) is 49.4 Å². The monoisotopic (exact) mass is 559 g/mol. The van der Waals surface area contributed by atoms with Gasteiger partial charge >= 0.3 is 166 Å². The molecule has 0 aromatic heterocycles. The van der Waals surface area contributed by atoms with Crippen LogP contribution in [-0.4, -0.2) is 151 Å². The van der Waals surface area contributed by atoms with Gasteiger partial charge in [-0.1, -0.05) is 0 Å². The Hall–Kier alpha value is 4.45. The SMILES string of the molecule is [Ba+2].[Eu].[H-].[H-].[H-].[H-].[Mg+2].[O]=[Al][OH].[O]=[Al][OH].[O]=[Al][OH].[O]=[Al][OH]. The van der Waals surface area contributed by atoms with E-state index in [4.69, 9.17) is 31.8 Å². The molecule has 0 spiro atoms. The molecule has 0 atom stereocenters. The molecule has 0 aliphatic heterocycles. The Morgan fingerprint density at radius 1 is 0.667 bits per heavy atom. The molecule has 0 rings (SSSR count). The van der Waals surface area contributed by atoms with Gasteiger partial charge < -0.3 is 5.71 Å². The second-order valence-corrected chi connectivity index (χ2v) is 1.26. The third-order valence-electron chi connectivity index (χ3n) is 0. The first kappa shape index (κ1) is 42.7. The molecule has 15 heavy (non-hydrogen) atoms. The van der Waals surface area contributed by atoms with E-state index in [2.05, 4.69) is 0 Å². The van der Waals surface area contributed by atoms with Crippen molar-refractivity contribution in [2.45, 2.75) is 0 Å². The predicted molar refractivity (Wildman–Crippen MR) is 50.6 cm³/mol. The van der Waals surface area contributed by atoms with Crippen molar-refractivity contribution in [3.05, 3.63) is 0 Å². The molecule has 0 aromatic rings. The summed E-state index contributed by atoms with van der Waals surface area (Å²) in [5, 5.41) is 0. The van der Waals surface area contributed by atoms with Gasteiger partial charge in [-0.25, -0.2) is 0 Å². The van der Waals surface area contributed by atoms with Crippen LogP contribution in [-0.2, 0) is 15.2 Å². The Kier molecular flexibility index (Phi) is 224. The first-order valence-corrected chi connectivity index (χ1v) is 5.93. The van der Waals surface area contributed by atoms with E-state index in [1.807, 2.05) is 0 Å². The molecule has 0 bridgehead atoms. The molecule has 0 heterocycles. The number of hydrogen-bond donors (Lipinski definition) is 4. The van der Waals surface area contributed by atoms with Gasteiger partial charge in [-0.2, -0.15) is 0 Å². The molecule has 0 aliphatic carbocycles. The van der Waals surface area contributed by atoms with E-state index >= 15 is 0 Å². The van der Waals surface area contributed by atoms with E-state index in [0.29, 0.717) is 0 Å². The summed E-state index contributed by atoms with van der Waals surface area (Å²) in [6.45, 7) is 0. The van der Waals surface area contributed by atoms with Crippen LogP contribution in [0.1, 0.15) is 5.71 Å². The van der Waals surface area contributed by atoms with Gasteiger partial charge in [0.05, 0.1) is 0 Å². The van der Waals surface area contributed by atoms with Crippen LogP contribution < -0.4 is 0 Å². The summed E-state index contributed by atoms with van der Waals surface area (Å²) in [6.07, 6.45) is 0. The first-order valence-electron chi connectivity index (χ1n) is 1.98. The van der Waals surface area contributed by atoms with Crippen molar-refractivity contribution < 1.29 is 86.9 Å². The predicted octanol–water partition coefficient (Wildman–Crippen LogP) is -4.54. The van der Waals surface area contributed by atoms with Crippen LogP contribution in [0.15, 0.2) is 0 Å². The van der Waals surface area contributed by atoms with Crippen molar-refractivity contribution in [2.75, 3.05) is 0 Å². The summed E-state index contributed by atoms with van der Waals surface area (Å²) in [4.78, 5) is 0. The van der Waals surface area contributed by atoms with Crippen LogP contribution >= 0.6 is 0 Å². The molecule has 0 unspecified atom stereocenters. The van der Waals surface area contributed by atoms with Crippen molar-refractivity contribution >= 4 is 134 Å². The zero-order valence-electron chi connectivity index (χ0n) is 11.5. The van der Waals surface area contributed by atoms with E-state index in [1.54, 1.807) is 0 Å². The molecule has 0 amide bonds. The summed E-state index contributed by atoms with van der Waals surface area (Å²) in [5.74, 6) is 0. The third-order valence-corrected chi connectivity index (χ3v) is 0. The van der Waals surface area contributed by atoms with Gasteiger partial charge in [-0.05, 0) is 0 Å². The second-order valence-electron chi connectivity index (χ2n) is 0.422. The molecule has 1 radical (unpaired) electrons. The molecule has 8 nitrogen and oxygen atoms in total. The normalized spacial score (nSPS) is 2.13. The zero-order valence-corrected chi connectivity index (χ0v) is 20.4. The Morgan fingerprint density at radius 3 is 0.667 bits per heavy atom. The summed E-state index contributed by atoms with van der Waals surface area (Å²) >= 11 is -6.00. The fraction of sp³-hybridized carbons (Fsp3) is 0. The third kappa shape index (κ3) is 252. The van der Waals surface area contributed by atoms with E-state index < -0.39 is 61.9 Å². The van der Waals surface area contributed by atoms with Crippen molar-refractivity contribution in [3.63, 3.8) is 0 Å². The fourth-order valence-corrected chi connectivity index (χ4v) is 0. The molecular weight excluding hydrogens is 550 g/mol. The van der Waals surface area contributed by atoms with E-state index in [-0.39, 0.29) is 127 Å². The molecule has 0 saturated carbocycles. The topological polar surface area (TPSA) is 149 Å². The summed E-state index contributed by atoms with van der Waals surface area (Å²) < 4.78 is 62.7. The van der Waals surface area contributed by atoms with Crippen LogP contribution in [0.5, 0.6) is 0 Å². The Labute approximate surface area is 215 Å². The average Bonchev–Trinajstić information content (AvgIpc) is 1.92. The Morgan fingerprint density at radius 2 is 0.667 bits per heavy atom. The minimum absolute atomic E-state index is 0. The van der Waals surface area contributed by atoms with Gasteiger partial charge in [-0.3, -0.25) is 0 Å². The standard InChI is InChI=1S/4Al.Ba.Eu.Mg.4H2O.4O.4H/h;;;;;;;4*1H2;;;;;;;;/q4*+1;+2;;+2;;;;;;;;;4*-1/p-4. The van der Waals surface area contributed by atoms with Gasteiger partial charge in [0.25, 0.3) is 0 Å². The van der Waals surface area contributed by atoms with E-state index in [1.165, 1.54) is 0 Å². The summed E-state index contributed by atoms with van der Waals surface area (Å²) in [5.41, 5.74) is 0. The van der Waals surface area contributed by atoms with Crippen LogP contribution in [0.2, 0.25) is 0 Å². The van der Waals surface area contributed by atoms with Crippen LogP contribution in [0.4, 0.5) is 0 Å². The molecule has 4 N–H and O–H groups in total. The first-order chi connectivity index (χ1) is 5.66. The molecule has 0 aliphatic rings. The molecule has 15 heteroatoms. The van der Waals surface area contributed by atoms with Crippen LogP contribution in [0.3, 0.4) is 0 Å². The zero-order chi connectivity index (χ0) is 10.8. The van der Waals surface area contributed by atoms with Gasteiger partial charge in [0.15, 0.2) is 0 Å². The molecule has 0 fully saturated rings. The Balaban J connectivity index is -0.00000000444. The van der Waals surface area contributed by atoms with Crippen molar-refractivity contribution in [1.82, 2.24) is 0 Å². The average molecular weight is 558 g/mol. The van der Waals surface area contributed by atoms with Gasteiger partial charge in [-0.15, -0.1) is 0 Å². The Bertz CT molecular complexity index is 94.7. The van der Waals surface area contributed by atoms with Gasteiger partial charge in [0, 0.05) is 49.4 Å². The van der Waals surface area contributed by atoms with Gasteiger partial charge in [0.2, 0.25) is 0 Å². The summed E-state index contributed by atoms with van der Waals surface area (Å²) in [6, 6.07) is 0. The van der Waals surface area contributed by atoms with E-state index in [9.17, 15) is 0 Å². The van der Waals surface area contributed by atoms with Crippen molar-refractivity contribution in [2.24, 2.45) is 0 Å². The molecule has 0 saturated heterocycles. The minimum atomic E-state index is -1.50. The summed E-state index contributed by atoms with van der Waals surface area (Å²) in [7, 11) is 0. The number of rotatable bonds is 0. The van der Waals surface area contributed by atoms with Crippen LogP contribution in [0.25, 0.3) is 0 Å². The molecule has 79 valence electrons.